The zero-order valence-corrected chi connectivity index (χ0v) is 12.7. The molecule has 0 bridgehead atoms. The average Bonchev–Trinajstić information content (AvgIpc) is 2.48. The first-order chi connectivity index (χ1) is 9.65. The van der Waals surface area contributed by atoms with Crippen LogP contribution in [0.4, 0.5) is 0 Å². The molecule has 1 saturated heterocycles. The number of carbonyl (C=O) groups is 2. The number of amides is 2. The molecule has 1 heterocycles. The molecule has 0 aromatic carbocycles. The Bertz CT molecular complexity index is 353. The smallest absolute Gasteiger partial charge is 0.242 e. The molecule has 2 fully saturated rings. The van der Waals surface area contributed by atoms with Crippen molar-refractivity contribution in [2.24, 2.45) is 5.92 Å². The van der Waals surface area contributed by atoms with Crippen LogP contribution in [0.25, 0.3) is 0 Å². The Labute approximate surface area is 121 Å². The van der Waals surface area contributed by atoms with E-state index in [1.807, 2.05) is 14.0 Å². The third kappa shape index (κ3) is 3.51. The second-order valence-corrected chi connectivity index (χ2v) is 5.98. The normalized spacial score (nSPS) is 23.3. The van der Waals surface area contributed by atoms with E-state index in [0.29, 0.717) is 25.0 Å². The molecule has 20 heavy (non-hydrogen) atoms. The van der Waals surface area contributed by atoms with E-state index in [-0.39, 0.29) is 24.9 Å². The van der Waals surface area contributed by atoms with E-state index in [4.69, 9.17) is 0 Å². The van der Waals surface area contributed by atoms with Crippen LogP contribution in [0.2, 0.25) is 0 Å². The van der Waals surface area contributed by atoms with E-state index in [2.05, 4.69) is 5.32 Å². The number of likely N-dealkylation sites (N-methyl/N-ethyl adjacent to an activating group) is 2. The van der Waals surface area contributed by atoms with Crippen molar-refractivity contribution in [3.8, 4) is 0 Å². The number of hydrogen-bond acceptors (Lipinski definition) is 3. The van der Waals surface area contributed by atoms with Gasteiger partial charge in [-0.05, 0) is 32.7 Å². The molecule has 114 valence electrons. The summed E-state index contributed by atoms with van der Waals surface area (Å²) in [6.07, 6.45) is 6.39. The Kier molecular flexibility index (Phi) is 5.40. The van der Waals surface area contributed by atoms with E-state index in [0.717, 1.165) is 0 Å². The first kappa shape index (κ1) is 15.3. The second-order valence-electron chi connectivity index (χ2n) is 5.98. The quantitative estimate of drug-likeness (QED) is 0.812. The minimum absolute atomic E-state index is 0.0746. The number of nitrogens with one attached hydrogen (secondary N) is 1. The number of hydrogen-bond donors (Lipinski definition) is 1. The van der Waals surface area contributed by atoms with Gasteiger partial charge in [0.25, 0.3) is 0 Å². The van der Waals surface area contributed by atoms with Crippen molar-refractivity contribution in [2.75, 3.05) is 33.2 Å². The van der Waals surface area contributed by atoms with E-state index >= 15 is 0 Å². The highest BCUT2D eigenvalue weighted by Crippen LogP contribution is 2.27. The van der Waals surface area contributed by atoms with Crippen LogP contribution < -0.4 is 5.32 Å². The second kappa shape index (κ2) is 7.07. The van der Waals surface area contributed by atoms with Gasteiger partial charge in [0.2, 0.25) is 11.8 Å². The molecule has 5 nitrogen and oxygen atoms in total. The third-order valence-electron chi connectivity index (χ3n) is 4.75. The predicted molar refractivity (Wildman–Crippen MR) is 78.3 cm³/mol. The van der Waals surface area contributed by atoms with Crippen LogP contribution in [0, 0.1) is 5.92 Å². The van der Waals surface area contributed by atoms with Crippen molar-refractivity contribution in [1.82, 2.24) is 15.1 Å². The summed E-state index contributed by atoms with van der Waals surface area (Å²) in [6.45, 7) is 3.70. The fourth-order valence-electron chi connectivity index (χ4n) is 3.41. The predicted octanol–water partition coefficient (Wildman–Crippen LogP) is 0.845. The Balaban J connectivity index is 1.93. The van der Waals surface area contributed by atoms with Gasteiger partial charge in [-0.25, -0.2) is 0 Å². The number of rotatable bonds is 5. The zero-order valence-electron chi connectivity index (χ0n) is 12.7. The average molecular weight is 281 g/mol. The maximum Gasteiger partial charge on any atom is 0.242 e. The summed E-state index contributed by atoms with van der Waals surface area (Å²) in [4.78, 5) is 27.5. The molecule has 1 N–H and O–H groups in total. The summed E-state index contributed by atoms with van der Waals surface area (Å²) in [6, 6.07) is 0.320. The van der Waals surface area contributed by atoms with Gasteiger partial charge < -0.3 is 15.1 Å². The molecule has 2 amide bonds. The lowest BCUT2D eigenvalue weighted by Gasteiger charge is -2.38. The van der Waals surface area contributed by atoms with Gasteiger partial charge in [0.05, 0.1) is 13.1 Å². The Morgan fingerprint density at radius 1 is 1.10 bits per heavy atom. The van der Waals surface area contributed by atoms with Gasteiger partial charge in [-0.2, -0.15) is 0 Å². The zero-order chi connectivity index (χ0) is 14.5. The Morgan fingerprint density at radius 2 is 1.70 bits per heavy atom. The minimum atomic E-state index is 0.0746. The minimum Gasteiger partial charge on any atom is -0.332 e. The highest BCUT2D eigenvalue weighted by molar-refractivity contribution is 5.92. The standard InChI is InChI=1S/C15H27N3O2/c1-3-17-10-15(20)18(11-14(17)19)9-13(16-2)12-7-5-4-6-8-12/h12-13,16H,3-11H2,1-2H3. The molecular formula is C15H27N3O2. The largest absolute Gasteiger partial charge is 0.332 e. The number of nitrogens with zero attached hydrogens (tertiary/aromatic N) is 2. The molecule has 0 aromatic heterocycles. The summed E-state index contributed by atoms with van der Waals surface area (Å²) < 4.78 is 0. The molecule has 1 unspecified atom stereocenters. The van der Waals surface area contributed by atoms with Crippen molar-refractivity contribution < 1.29 is 9.59 Å². The van der Waals surface area contributed by atoms with Crippen LogP contribution in [0.5, 0.6) is 0 Å². The van der Waals surface area contributed by atoms with Crippen molar-refractivity contribution >= 4 is 11.8 Å². The van der Waals surface area contributed by atoms with E-state index < -0.39 is 0 Å². The van der Waals surface area contributed by atoms with Crippen molar-refractivity contribution in [3.63, 3.8) is 0 Å². The molecule has 1 aliphatic carbocycles. The first-order valence-corrected chi connectivity index (χ1v) is 7.88. The highest BCUT2D eigenvalue weighted by atomic mass is 16.2. The monoisotopic (exact) mass is 281 g/mol. The lowest BCUT2D eigenvalue weighted by atomic mass is 9.83. The van der Waals surface area contributed by atoms with Gasteiger partial charge in [0, 0.05) is 19.1 Å². The van der Waals surface area contributed by atoms with Crippen molar-refractivity contribution in [1.29, 1.82) is 0 Å². The maximum atomic E-state index is 12.1. The summed E-state index contributed by atoms with van der Waals surface area (Å²) in [7, 11) is 1.97. The van der Waals surface area contributed by atoms with Gasteiger partial charge >= 0.3 is 0 Å². The van der Waals surface area contributed by atoms with Crippen LogP contribution in [0.15, 0.2) is 0 Å². The van der Waals surface area contributed by atoms with E-state index in [1.54, 1.807) is 9.80 Å². The van der Waals surface area contributed by atoms with Gasteiger partial charge in [0.1, 0.15) is 0 Å². The fourth-order valence-corrected chi connectivity index (χ4v) is 3.41. The first-order valence-electron chi connectivity index (χ1n) is 7.88. The summed E-state index contributed by atoms with van der Waals surface area (Å²) in [5, 5.41) is 3.36. The lowest BCUT2D eigenvalue weighted by molar-refractivity contribution is -0.150. The van der Waals surface area contributed by atoms with Crippen LogP contribution in [-0.4, -0.2) is 60.9 Å². The van der Waals surface area contributed by atoms with Crippen LogP contribution in [0.1, 0.15) is 39.0 Å². The number of carbonyl (C=O) groups excluding carboxylic acids is 2. The van der Waals surface area contributed by atoms with Gasteiger partial charge in [-0.1, -0.05) is 19.3 Å². The molecule has 1 saturated carbocycles. The highest BCUT2D eigenvalue weighted by Gasteiger charge is 2.32. The van der Waals surface area contributed by atoms with Gasteiger partial charge in [0.15, 0.2) is 0 Å². The summed E-state index contributed by atoms with van der Waals surface area (Å²) in [5.41, 5.74) is 0. The molecule has 1 aliphatic heterocycles. The molecule has 2 rings (SSSR count). The van der Waals surface area contributed by atoms with Crippen LogP contribution in [-0.2, 0) is 9.59 Å². The third-order valence-corrected chi connectivity index (χ3v) is 4.75. The Hall–Kier alpha value is -1.10. The molecule has 5 heteroatoms. The summed E-state index contributed by atoms with van der Waals surface area (Å²) in [5.74, 6) is 0.800. The molecule has 1 atom stereocenters. The number of piperazine rings is 1. The van der Waals surface area contributed by atoms with E-state index in [9.17, 15) is 9.59 Å². The SMILES string of the molecule is CCN1CC(=O)N(CC(NC)C2CCCCC2)CC1=O. The molecular weight excluding hydrogens is 254 g/mol. The lowest BCUT2D eigenvalue weighted by Crippen LogP contribution is -2.57. The van der Waals surface area contributed by atoms with Gasteiger partial charge in [-0.15, -0.1) is 0 Å². The maximum absolute atomic E-state index is 12.1. The van der Waals surface area contributed by atoms with E-state index in [1.165, 1.54) is 32.1 Å². The Morgan fingerprint density at radius 3 is 2.30 bits per heavy atom. The summed E-state index contributed by atoms with van der Waals surface area (Å²) >= 11 is 0. The molecule has 0 radical (unpaired) electrons. The van der Waals surface area contributed by atoms with Crippen molar-refractivity contribution in [2.45, 2.75) is 45.1 Å². The van der Waals surface area contributed by atoms with Crippen molar-refractivity contribution in [3.05, 3.63) is 0 Å². The topological polar surface area (TPSA) is 52.7 Å². The fraction of sp³-hybridized carbons (Fsp3) is 0.867. The molecule has 0 spiro atoms. The molecule has 0 aromatic rings. The molecule has 2 aliphatic rings. The van der Waals surface area contributed by atoms with Crippen LogP contribution in [0.3, 0.4) is 0 Å². The van der Waals surface area contributed by atoms with Gasteiger partial charge in [-0.3, -0.25) is 9.59 Å². The van der Waals surface area contributed by atoms with Crippen LogP contribution >= 0.6 is 0 Å².